The number of carbonyl (C=O) groups excluding carboxylic acids is 1. The van der Waals surface area contributed by atoms with Crippen molar-refractivity contribution in [2.45, 2.75) is 97.8 Å². The van der Waals surface area contributed by atoms with Crippen LogP contribution in [0.5, 0.6) is 0 Å². The van der Waals surface area contributed by atoms with Gasteiger partial charge in [0.05, 0.1) is 0 Å². The Kier molecular flexibility index (Phi) is 10.6. The molecule has 1 amide bonds. The Morgan fingerprint density at radius 1 is 0.818 bits per heavy atom. The summed E-state index contributed by atoms with van der Waals surface area (Å²) in [5.41, 5.74) is 0. The highest BCUT2D eigenvalue weighted by atomic mass is 16.1. The molecule has 1 rings (SSSR count). The molecule has 1 N–H and O–H groups in total. The molecule has 1 heterocycles. The average Bonchev–Trinajstić information content (AvgIpc) is 2.52. The fourth-order valence-corrected chi connectivity index (χ4v) is 4.04. The van der Waals surface area contributed by atoms with E-state index in [4.69, 9.17) is 0 Å². The van der Waals surface area contributed by atoms with Crippen LogP contribution in [0.15, 0.2) is 0 Å². The number of amides is 1. The molecule has 1 aliphatic rings. The summed E-state index contributed by atoms with van der Waals surface area (Å²) < 4.78 is 0. The topological polar surface area (TPSA) is 29.1 Å². The fourth-order valence-electron chi connectivity index (χ4n) is 4.04. The minimum absolute atomic E-state index is 0.295. The average molecular weight is 310 g/mol. The van der Waals surface area contributed by atoms with Gasteiger partial charge in [-0.25, -0.2) is 0 Å². The summed E-state index contributed by atoms with van der Waals surface area (Å²) in [6.45, 7) is 7.72. The molecular weight excluding hydrogens is 270 g/mol. The molecule has 0 bridgehead atoms. The highest BCUT2D eigenvalue weighted by Crippen LogP contribution is 2.36. The second-order valence-corrected chi connectivity index (χ2v) is 7.26. The first-order valence-electron chi connectivity index (χ1n) is 10.0. The highest BCUT2D eigenvalue weighted by Gasteiger charge is 2.37. The van der Waals surface area contributed by atoms with Crippen molar-refractivity contribution in [3.8, 4) is 0 Å². The lowest BCUT2D eigenvalue weighted by Gasteiger charge is -2.38. The van der Waals surface area contributed by atoms with Crippen LogP contribution in [0.25, 0.3) is 0 Å². The van der Waals surface area contributed by atoms with E-state index in [9.17, 15) is 4.79 Å². The van der Waals surface area contributed by atoms with Crippen LogP contribution in [-0.2, 0) is 4.79 Å². The second kappa shape index (κ2) is 12.0. The molecule has 0 spiro atoms. The second-order valence-electron chi connectivity index (χ2n) is 7.26. The zero-order valence-corrected chi connectivity index (χ0v) is 15.3. The molecule has 0 aliphatic carbocycles. The van der Waals surface area contributed by atoms with Crippen LogP contribution in [0.2, 0.25) is 0 Å². The molecule has 3 atom stereocenters. The minimum atomic E-state index is 0.295. The molecule has 0 saturated carbocycles. The number of carbonyl (C=O) groups is 1. The number of nitrogens with one attached hydrogen (secondary N) is 1. The van der Waals surface area contributed by atoms with Gasteiger partial charge in [-0.05, 0) is 31.1 Å². The minimum Gasteiger partial charge on any atom is -0.356 e. The van der Waals surface area contributed by atoms with Crippen molar-refractivity contribution >= 4 is 5.91 Å². The van der Waals surface area contributed by atoms with Gasteiger partial charge in [0.25, 0.3) is 0 Å². The maximum atomic E-state index is 12.4. The first kappa shape index (κ1) is 19.5. The summed E-state index contributed by atoms with van der Waals surface area (Å²) in [5, 5.41) is 3.22. The third-order valence-corrected chi connectivity index (χ3v) is 5.44. The van der Waals surface area contributed by atoms with Crippen molar-refractivity contribution in [2.24, 2.45) is 17.8 Å². The summed E-state index contributed by atoms with van der Waals surface area (Å²) in [6.07, 6.45) is 15.3. The number of hydrogen-bond acceptors (Lipinski definition) is 1. The summed E-state index contributed by atoms with van der Waals surface area (Å²) >= 11 is 0. The fraction of sp³-hybridized carbons (Fsp3) is 0.950. The van der Waals surface area contributed by atoms with E-state index in [0.717, 1.165) is 18.9 Å². The number of unbranched alkanes of at least 4 members (excludes halogenated alkanes) is 6. The van der Waals surface area contributed by atoms with Gasteiger partial charge in [-0.2, -0.15) is 0 Å². The molecule has 1 aliphatic heterocycles. The van der Waals surface area contributed by atoms with E-state index in [1.165, 1.54) is 70.6 Å². The standard InChI is InChI=1S/C20H39NO/c1-4-7-10-13-17-16-21-20(22)19(15-12-9-6-3)18(17)14-11-8-5-2/h17-19H,4-16H2,1-3H3,(H,21,22). The quantitative estimate of drug-likeness (QED) is 0.460. The van der Waals surface area contributed by atoms with Crippen LogP contribution in [0.4, 0.5) is 0 Å². The Labute approximate surface area is 138 Å². The van der Waals surface area contributed by atoms with Gasteiger partial charge in [0.15, 0.2) is 0 Å². The van der Waals surface area contributed by atoms with Crippen LogP contribution in [0.1, 0.15) is 97.8 Å². The maximum Gasteiger partial charge on any atom is 0.223 e. The van der Waals surface area contributed by atoms with E-state index in [0.29, 0.717) is 17.7 Å². The Morgan fingerprint density at radius 3 is 1.95 bits per heavy atom. The van der Waals surface area contributed by atoms with Gasteiger partial charge in [-0.15, -0.1) is 0 Å². The van der Waals surface area contributed by atoms with E-state index < -0.39 is 0 Å². The van der Waals surface area contributed by atoms with E-state index in [1.807, 2.05) is 0 Å². The van der Waals surface area contributed by atoms with Crippen LogP contribution >= 0.6 is 0 Å². The molecule has 1 fully saturated rings. The number of piperidine rings is 1. The van der Waals surface area contributed by atoms with Crippen LogP contribution in [-0.4, -0.2) is 12.5 Å². The van der Waals surface area contributed by atoms with Crippen molar-refractivity contribution in [3.63, 3.8) is 0 Å². The van der Waals surface area contributed by atoms with Crippen molar-refractivity contribution in [1.82, 2.24) is 5.32 Å². The molecule has 0 radical (unpaired) electrons. The monoisotopic (exact) mass is 309 g/mol. The van der Waals surface area contributed by atoms with Crippen molar-refractivity contribution in [1.29, 1.82) is 0 Å². The molecule has 0 aromatic heterocycles. The molecule has 2 nitrogen and oxygen atoms in total. The largest absolute Gasteiger partial charge is 0.356 e. The molecule has 3 unspecified atom stereocenters. The lowest BCUT2D eigenvalue weighted by atomic mass is 9.71. The van der Waals surface area contributed by atoms with Gasteiger partial charge in [-0.1, -0.05) is 78.6 Å². The van der Waals surface area contributed by atoms with Crippen molar-refractivity contribution < 1.29 is 4.79 Å². The smallest absolute Gasteiger partial charge is 0.223 e. The van der Waals surface area contributed by atoms with E-state index in [2.05, 4.69) is 26.1 Å². The highest BCUT2D eigenvalue weighted by molar-refractivity contribution is 5.79. The lowest BCUT2D eigenvalue weighted by molar-refractivity contribution is -0.131. The van der Waals surface area contributed by atoms with Gasteiger partial charge in [0.1, 0.15) is 0 Å². The number of rotatable bonds is 12. The van der Waals surface area contributed by atoms with Gasteiger partial charge < -0.3 is 5.32 Å². The molecular formula is C20H39NO. The zero-order valence-electron chi connectivity index (χ0n) is 15.3. The lowest BCUT2D eigenvalue weighted by Crippen LogP contribution is -2.47. The van der Waals surface area contributed by atoms with Gasteiger partial charge in [0.2, 0.25) is 5.91 Å². The van der Waals surface area contributed by atoms with Crippen molar-refractivity contribution in [2.75, 3.05) is 6.54 Å². The SMILES string of the molecule is CCCCCC1CNC(=O)C(CCCCC)C1CCCCC. The third-order valence-electron chi connectivity index (χ3n) is 5.44. The van der Waals surface area contributed by atoms with E-state index in [1.54, 1.807) is 0 Å². The number of hydrogen-bond donors (Lipinski definition) is 1. The van der Waals surface area contributed by atoms with Gasteiger partial charge >= 0.3 is 0 Å². The van der Waals surface area contributed by atoms with Gasteiger partial charge in [-0.3, -0.25) is 4.79 Å². The molecule has 0 aromatic carbocycles. The first-order chi connectivity index (χ1) is 10.7. The molecule has 0 aromatic rings. The Morgan fingerprint density at radius 2 is 1.36 bits per heavy atom. The molecule has 2 heteroatoms. The van der Waals surface area contributed by atoms with Crippen LogP contribution in [0, 0.1) is 17.8 Å². The third kappa shape index (κ3) is 6.71. The Hall–Kier alpha value is -0.530. The Bertz CT molecular complexity index is 289. The normalized spacial score (nSPS) is 25.2. The van der Waals surface area contributed by atoms with Gasteiger partial charge in [0, 0.05) is 12.5 Å². The zero-order chi connectivity index (χ0) is 16.2. The van der Waals surface area contributed by atoms with Crippen molar-refractivity contribution in [3.05, 3.63) is 0 Å². The molecule has 22 heavy (non-hydrogen) atoms. The Balaban J connectivity index is 2.61. The van der Waals surface area contributed by atoms with Crippen LogP contribution < -0.4 is 5.32 Å². The maximum absolute atomic E-state index is 12.4. The predicted octanol–water partition coefficient (Wildman–Crippen LogP) is 5.71. The van der Waals surface area contributed by atoms with E-state index in [-0.39, 0.29) is 0 Å². The van der Waals surface area contributed by atoms with E-state index >= 15 is 0 Å². The molecule has 1 saturated heterocycles. The summed E-state index contributed by atoms with van der Waals surface area (Å²) in [6, 6.07) is 0. The summed E-state index contributed by atoms with van der Waals surface area (Å²) in [7, 11) is 0. The first-order valence-corrected chi connectivity index (χ1v) is 10.0. The summed E-state index contributed by atoms with van der Waals surface area (Å²) in [5.74, 6) is 2.02. The predicted molar refractivity (Wildman–Crippen MR) is 95.9 cm³/mol. The van der Waals surface area contributed by atoms with Crippen LogP contribution in [0.3, 0.4) is 0 Å². The summed E-state index contributed by atoms with van der Waals surface area (Å²) in [4.78, 5) is 12.4. The molecule has 130 valence electrons.